The minimum atomic E-state index is -0.163. The second-order valence-corrected chi connectivity index (χ2v) is 6.38. The summed E-state index contributed by atoms with van der Waals surface area (Å²) in [7, 11) is 0. The number of amides is 2. The van der Waals surface area contributed by atoms with Crippen LogP contribution in [0.15, 0.2) is 18.2 Å². The van der Waals surface area contributed by atoms with Crippen LogP contribution in [-0.4, -0.2) is 38.5 Å². The van der Waals surface area contributed by atoms with E-state index in [2.05, 4.69) is 28.8 Å². The van der Waals surface area contributed by atoms with E-state index in [1.165, 1.54) is 30.4 Å². The van der Waals surface area contributed by atoms with Gasteiger partial charge in [0.1, 0.15) is 0 Å². The highest BCUT2D eigenvalue weighted by molar-refractivity contribution is 5.74. The number of urea groups is 1. The fourth-order valence-electron chi connectivity index (χ4n) is 3.21. The summed E-state index contributed by atoms with van der Waals surface area (Å²) in [5.41, 5.74) is 4.07. The molecule has 126 valence electrons. The first-order chi connectivity index (χ1) is 11.2. The SMILES string of the molecule is C[C@@H](NC(=O)NC[C@H]1COCCO1)c1ccc2c(c1)CCCC2. The molecule has 1 aromatic rings. The Hall–Kier alpha value is -1.59. The number of aryl methyl sites for hydroxylation is 2. The van der Waals surface area contributed by atoms with Crippen LogP contribution >= 0.6 is 0 Å². The molecule has 0 aromatic heterocycles. The first-order valence-corrected chi connectivity index (χ1v) is 8.58. The van der Waals surface area contributed by atoms with Crippen molar-refractivity contribution in [3.8, 4) is 0 Å². The van der Waals surface area contributed by atoms with Crippen LogP contribution in [0.4, 0.5) is 4.79 Å². The van der Waals surface area contributed by atoms with Gasteiger partial charge in [-0.05, 0) is 49.3 Å². The Morgan fingerprint density at radius 1 is 1.26 bits per heavy atom. The van der Waals surface area contributed by atoms with Crippen molar-refractivity contribution in [1.29, 1.82) is 0 Å². The van der Waals surface area contributed by atoms with Crippen LogP contribution < -0.4 is 10.6 Å². The Labute approximate surface area is 137 Å². The van der Waals surface area contributed by atoms with Gasteiger partial charge in [0.2, 0.25) is 0 Å². The molecule has 2 N–H and O–H groups in total. The lowest BCUT2D eigenvalue weighted by atomic mass is 9.89. The summed E-state index contributed by atoms with van der Waals surface area (Å²) >= 11 is 0. The van der Waals surface area contributed by atoms with E-state index in [1.807, 2.05) is 6.92 Å². The van der Waals surface area contributed by atoms with Gasteiger partial charge in [-0.3, -0.25) is 0 Å². The minimum Gasteiger partial charge on any atom is -0.376 e. The van der Waals surface area contributed by atoms with Crippen molar-refractivity contribution in [1.82, 2.24) is 10.6 Å². The third kappa shape index (κ3) is 4.45. The molecule has 1 aliphatic heterocycles. The number of fused-ring (bicyclic) bond motifs is 1. The molecule has 1 saturated heterocycles. The molecular formula is C18H26N2O3. The molecule has 1 heterocycles. The molecule has 0 radical (unpaired) electrons. The molecule has 0 bridgehead atoms. The van der Waals surface area contributed by atoms with Crippen LogP contribution in [0.25, 0.3) is 0 Å². The molecule has 0 spiro atoms. The van der Waals surface area contributed by atoms with E-state index in [0.29, 0.717) is 26.4 Å². The van der Waals surface area contributed by atoms with Crippen molar-refractivity contribution in [2.24, 2.45) is 0 Å². The van der Waals surface area contributed by atoms with Crippen LogP contribution in [0, 0.1) is 0 Å². The van der Waals surface area contributed by atoms with Crippen molar-refractivity contribution in [3.05, 3.63) is 34.9 Å². The highest BCUT2D eigenvalue weighted by Crippen LogP contribution is 2.24. The zero-order chi connectivity index (χ0) is 16.1. The van der Waals surface area contributed by atoms with Crippen LogP contribution in [0.3, 0.4) is 0 Å². The molecule has 1 aliphatic carbocycles. The van der Waals surface area contributed by atoms with Gasteiger partial charge in [0.05, 0.1) is 32.0 Å². The quantitative estimate of drug-likeness (QED) is 0.896. The number of hydrogen-bond acceptors (Lipinski definition) is 3. The largest absolute Gasteiger partial charge is 0.376 e. The van der Waals surface area contributed by atoms with Crippen LogP contribution in [0.2, 0.25) is 0 Å². The highest BCUT2D eigenvalue weighted by Gasteiger charge is 2.17. The Balaban J connectivity index is 1.49. The summed E-state index contributed by atoms with van der Waals surface area (Å²) in [6.45, 7) is 4.27. The molecule has 1 fully saturated rings. The lowest BCUT2D eigenvalue weighted by molar-refractivity contribution is -0.0853. The summed E-state index contributed by atoms with van der Waals surface area (Å²) in [6, 6.07) is 6.42. The molecule has 23 heavy (non-hydrogen) atoms. The molecular weight excluding hydrogens is 292 g/mol. The Kier molecular flexibility index (Phi) is 5.51. The summed E-state index contributed by atoms with van der Waals surface area (Å²) in [5.74, 6) is 0. The van der Waals surface area contributed by atoms with Gasteiger partial charge in [-0.1, -0.05) is 18.2 Å². The highest BCUT2D eigenvalue weighted by atomic mass is 16.6. The number of hydrogen-bond donors (Lipinski definition) is 2. The number of ether oxygens (including phenoxy) is 2. The second kappa shape index (κ2) is 7.79. The van der Waals surface area contributed by atoms with E-state index in [1.54, 1.807) is 0 Å². The maximum absolute atomic E-state index is 12.0. The zero-order valence-electron chi connectivity index (χ0n) is 13.8. The molecule has 2 aliphatic rings. The fraction of sp³-hybridized carbons (Fsp3) is 0.611. The van der Waals surface area contributed by atoms with Crippen molar-refractivity contribution in [2.75, 3.05) is 26.4 Å². The van der Waals surface area contributed by atoms with E-state index in [-0.39, 0.29) is 18.2 Å². The van der Waals surface area contributed by atoms with Crippen LogP contribution in [0.1, 0.15) is 42.5 Å². The van der Waals surface area contributed by atoms with Gasteiger partial charge in [0.15, 0.2) is 0 Å². The molecule has 5 heteroatoms. The van der Waals surface area contributed by atoms with E-state index in [9.17, 15) is 4.79 Å². The summed E-state index contributed by atoms with van der Waals surface area (Å²) in [5, 5.41) is 5.86. The first-order valence-electron chi connectivity index (χ1n) is 8.58. The van der Waals surface area contributed by atoms with Gasteiger partial charge < -0.3 is 20.1 Å². The van der Waals surface area contributed by atoms with Gasteiger partial charge in [-0.25, -0.2) is 4.79 Å². The van der Waals surface area contributed by atoms with Crippen molar-refractivity contribution < 1.29 is 14.3 Å². The van der Waals surface area contributed by atoms with Crippen LogP contribution in [0.5, 0.6) is 0 Å². The molecule has 2 atom stereocenters. The fourth-order valence-corrected chi connectivity index (χ4v) is 3.21. The molecule has 0 saturated carbocycles. The monoisotopic (exact) mass is 318 g/mol. The molecule has 0 unspecified atom stereocenters. The second-order valence-electron chi connectivity index (χ2n) is 6.38. The van der Waals surface area contributed by atoms with E-state index < -0.39 is 0 Å². The molecule has 2 amide bonds. The lowest BCUT2D eigenvalue weighted by Crippen LogP contribution is -2.44. The summed E-state index contributed by atoms with van der Waals surface area (Å²) in [4.78, 5) is 12.0. The van der Waals surface area contributed by atoms with Gasteiger partial charge in [0, 0.05) is 6.54 Å². The topological polar surface area (TPSA) is 59.6 Å². The standard InChI is InChI=1S/C18H26N2O3/c1-13(15-7-6-14-4-2-3-5-16(14)10-15)20-18(21)19-11-17-12-22-8-9-23-17/h6-7,10,13,17H,2-5,8-9,11-12H2,1H3,(H2,19,20,21)/t13-,17+/m1/s1. The number of carbonyl (C=O) groups is 1. The third-order valence-electron chi connectivity index (χ3n) is 4.60. The van der Waals surface area contributed by atoms with E-state index >= 15 is 0 Å². The van der Waals surface area contributed by atoms with Crippen molar-refractivity contribution in [2.45, 2.75) is 44.8 Å². The van der Waals surface area contributed by atoms with Gasteiger partial charge in [-0.2, -0.15) is 0 Å². The third-order valence-corrected chi connectivity index (χ3v) is 4.60. The number of benzene rings is 1. The predicted octanol–water partition coefficient (Wildman–Crippen LogP) is 2.34. The summed E-state index contributed by atoms with van der Waals surface area (Å²) in [6.07, 6.45) is 4.84. The maximum atomic E-state index is 12.0. The number of carbonyl (C=O) groups excluding carboxylic acids is 1. The van der Waals surface area contributed by atoms with E-state index in [4.69, 9.17) is 9.47 Å². The average Bonchev–Trinajstić information content (AvgIpc) is 2.60. The minimum absolute atomic E-state index is 0.00856. The normalized spacial score (nSPS) is 22.0. The Morgan fingerprint density at radius 2 is 2.09 bits per heavy atom. The van der Waals surface area contributed by atoms with E-state index in [0.717, 1.165) is 12.0 Å². The van der Waals surface area contributed by atoms with Gasteiger partial charge in [0.25, 0.3) is 0 Å². The first kappa shape index (κ1) is 16.3. The van der Waals surface area contributed by atoms with Crippen LogP contribution in [-0.2, 0) is 22.3 Å². The maximum Gasteiger partial charge on any atom is 0.315 e. The lowest BCUT2D eigenvalue weighted by Gasteiger charge is -2.24. The zero-order valence-corrected chi connectivity index (χ0v) is 13.8. The molecule has 5 nitrogen and oxygen atoms in total. The Morgan fingerprint density at radius 3 is 2.87 bits per heavy atom. The van der Waals surface area contributed by atoms with Gasteiger partial charge in [-0.15, -0.1) is 0 Å². The van der Waals surface area contributed by atoms with Crippen molar-refractivity contribution in [3.63, 3.8) is 0 Å². The molecule has 3 rings (SSSR count). The van der Waals surface area contributed by atoms with Crippen molar-refractivity contribution >= 4 is 6.03 Å². The molecule has 1 aromatic carbocycles. The number of rotatable bonds is 4. The predicted molar refractivity (Wildman–Crippen MR) is 88.6 cm³/mol. The van der Waals surface area contributed by atoms with Gasteiger partial charge >= 0.3 is 6.03 Å². The number of nitrogens with one attached hydrogen (secondary N) is 2. The smallest absolute Gasteiger partial charge is 0.315 e. The summed E-state index contributed by atoms with van der Waals surface area (Å²) < 4.78 is 10.8. The Bertz CT molecular complexity index is 541. The average molecular weight is 318 g/mol.